The van der Waals surface area contributed by atoms with Crippen molar-refractivity contribution < 1.29 is 10.2 Å². The van der Waals surface area contributed by atoms with Crippen molar-refractivity contribution in [2.24, 2.45) is 0 Å². The van der Waals surface area contributed by atoms with E-state index in [1.54, 1.807) is 0 Å². The Morgan fingerprint density at radius 2 is 2.00 bits per heavy atom. The number of aliphatic hydroxyl groups is 1. The van der Waals surface area contributed by atoms with E-state index in [-0.39, 0.29) is 0 Å². The van der Waals surface area contributed by atoms with E-state index in [1.807, 2.05) is 19.9 Å². The molecule has 0 saturated heterocycles. The molecule has 0 spiro atoms. The maximum Gasteiger partial charge on any atom is 0.123 e. The first-order valence-electron chi connectivity index (χ1n) is 5.13. The lowest BCUT2D eigenvalue weighted by Crippen LogP contribution is -2.12. The Labute approximate surface area is 98.1 Å². The van der Waals surface area contributed by atoms with E-state index >= 15 is 0 Å². The van der Waals surface area contributed by atoms with Gasteiger partial charge in [0.2, 0.25) is 0 Å². The molecule has 1 fully saturated rings. The summed E-state index contributed by atoms with van der Waals surface area (Å²) in [6, 6.07) is 2.00. The van der Waals surface area contributed by atoms with E-state index in [4.69, 9.17) is 0 Å². The normalized spacial score (nSPS) is 17.9. The van der Waals surface area contributed by atoms with E-state index in [9.17, 15) is 10.2 Å². The first-order chi connectivity index (χ1) is 6.93. The Kier molecular flexibility index (Phi) is 2.55. The van der Waals surface area contributed by atoms with E-state index in [0.29, 0.717) is 12.2 Å². The number of hydrogen-bond donors (Lipinski definition) is 2. The monoisotopic (exact) mass is 270 g/mol. The van der Waals surface area contributed by atoms with Crippen molar-refractivity contribution in [1.29, 1.82) is 0 Å². The van der Waals surface area contributed by atoms with Crippen LogP contribution < -0.4 is 0 Å². The van der Waals surface area contributed by atoms with Gasteiger partial charge in [0.15, 0.2) is 0 Å². The Balaban J connectivity index is 2.41. The molecule has 15 heavy (non-hydrogen) atoms. The summed E-state index contributed by atoms with van der Waals surface area (Å²) in [5.74, 6) is 0.321. The van der Waals surface area contributed by atoms with Crippen molar-refractivity contribution in [3.63, 3.8) is 0 Å². The SMILES string of the molecule is Cc1cc(Br)c(C)c(O)c1CC1(O)CC1. The van der Waals surface area contributed by atoms with Crippen LogP contribution in [-0.4, -0.2) is 15.8 Å². The highest BCUT2D eigenvalue weighted by atomic mass is 79.9. The molecule has 2 nitrogen and oxygen atoms in total. The topological polar surface area (TPSA) is 40.5 Å². The maximum absolute atomic E-state index is 10.0. The lowest BCUT2D eigenvalue weighted by molar-refractivity contribution is 0.149. The number of rotatable bonds is 2. The van der Waals surface area contributed by atoms with Crippen LogP contribution in [0.5, 0.6) is 5.75 Å². The van der Waals surface area contributed by atoms with Gasteiger partial charge in [-0.2, -0.15) is 0 Å². The molecule has 1 aromatic rings. The number of aromatic hydroxyl groups is 1. The minimum Gasteiger partial charge on any atom is -0.507 e. The second-order valence-electron chi connectivity index (χ2n) is 4.53. The summed E-state index contributed by atoms with van der Waals surface area (Å²) in [6.07, 6.45) is 2.26. The van der Waals surface area contributed by atoms with Crippen LogP contribution in [-0.2, 0) is 6.42 Å². The van der Waals surface area contributed by atoms with Crippen molar-refractivity contribution in [3.8, 4) is 5.75 Å². The van der Waals surface area contributed by atoms with Gasteiger partial charge in [-0.25, -0.2) is 0 Å². The number of phenols is 1. The molecule has 0 unspecified atom stereocenters. The van der Waals surface area contributed by atoms with Gasteiger partial charge in [0.1, 0.15) is 5.75 Å². The molecule has 3 heteroatoms. The smallest absolute Gasteiger partial charge is 0.123 e. The van der Waals surface area contributed by atoms with Gasteiger partial charge in [0, 0.05) is 16.5 Å². The minimum absolute atomic E-state index is 0.321. The summed E-state index contributed by atoms with van der Waals surface area (Å²) in [4.78, 5) is 0. The zero-order valence-electron chi connectivity index (χ0n) is 8.97. The van der Waals surface area contributed by atoms with Crippen LogP contribution >= 0.6 is 15.9 Å². The molecular weight excluding hydrogens is 256 g/mol. The lowest BCUT2D eigenvalue weighted by atomic mass is 9.97. The molecular formula is C12H15BrO2. The van der Waals surface area contributed by atoms with Crippen LogP contribution in [0.4, 0.5) is 0 Å². The Bertz CT molecular complexity index is 409. The molecule has 1 saturated carbocycles. The molecule has 0 aliphatic heterocycles. The molecule has 2 rings (SSSR count). The lowest BCUT2D eigenvalue weighted by Gasteiger charge is -2.15. The Morgan fingerprint density at radius 1 is 1.40 bits per heavy atom. The second kappa shape index (κ2) is 3.49. The van der Waals surface area contributed by atoms with E-state index in [2.05, 4.69) is 15.9 Å². The van der Waals surface area contributed by atoms with Crippen LogP contribution in [0.15, 0.2) is 10.5 Å². The molecule has 1 aliphatic carbocycles. The third-order valence-electron chi connectivity index (χ3n) is 3.15. The third kappa shape index (κ3) is 2.04. The summed E-state index contributed by atoms with van der Waals surface area (Å²) in [5, 5.41) is 19.9. The van der Waals surface area contributed by atoms with Crippen molar-refractivity contribution in [2.45, 2.75) is 38.7 Å². The van der Waals surface area contributed by atoms with Gasteiger partial charge in [-0.3, -0.25) is 0 Å². The molecule has 0 radical (unpaired) electrons. The van der Waals surface area contributed by atoms with E-state index in [0.717, 1.165) is 34.0 Å². The summed E-state index contributed by atoms with van der Waals surface area (Å²) < 4.78 is 0.920. The van der Waals surface area contributed by atoms with Crippen LogP contribution in [0.25, 0.3) is 0 Å². The molecule has 1 aliphatic rings. The van der Waals surface area contributed by atoms with Crippen molar-refractivity contribution >= 4 is 15.9 Å². The fourth-order valence-electron chi connectivity index (χ4n) is 1.78. The predicted octanol–water partition coefficient (Wildman–Crippen LogP) is 2.84. The minimum atomic E-state index is -0.553. The van der Waals surface area contributed by atoms with E-state index < -0.39 is 5.60 Å². The van der Waals surface area contributed by atoms with Crippen molar-refractivity contribution in [2.75, 3.05) is 0 Å². The quantitative estimate of drug-likeness (QED) is 0.868. The Hall–Kier alpha value is -0.540. The number of aryl methyl sites for hydroxylation is 1. The summed E-state index contributed by atoms with van der Waals surface area (Å²) >= 11 is 3.40. The van der Waals surface area contributed by atoms with Gasteiger partial charge >= 0.3 is 0 Å². The molecule has 0 atom stereocenters. The van der Waals surface area contributed by atoms with Gasteiger partial charge < -0.3 is 10.2 Å². The zero-order valence-corrected chi connectivity index (χ0v) is 10.6. The summed E-state index contributed by atoms with van der Waals surface area (Å²) in [7, 11) is 0. The largest absolute Gasteiger partial charge is 0.507 e. The first-order valence-corrected chi connectivity index (χ1v) is 5.92. The summed E-state index contributed by atoms with van der Waals surface area (Å²) in [6.45, 7) is 3.84. The van der Waals surface area contributed by atoms with Gasteiger partial charge in [0.05, 0.1) is 5.60 Å². The number of benzene rings is 1. The molecule has 0 aromatic heterocycles. The average molecular weight is 271 g/mol. The van der Waals surface area contributed by atoms with Gasteiger partial charge in [-0.05, 0) is 43.9 Å². The highest BCUT2D eigenvalue weighted by molar-refractivity contribution is 9.10. The fourth-order valence-corrected chi connectivity index (χ4v) is 2.32. The third-order valence-corrected chi connectivity index (χ3v) is 3.98. The van der Waals surface area contributed by atoms with Gasteiger partial charge in [-0.1, -0.05) is 15.9 Å². The van der Waals surface area contributed by atoms with Crippen molar-refractivity contribution in [3.05, 3.63) is 27.2 Å². The standard InChI is InChI=1S/C12H15BrO2/c1-7-5-10(13)8(2)11(14)9(7)6-12(15)3-4-12/h5,14-15H,3-4,6H2,1-2H3. The molecule has 0 amide bonds. The van der Waals surface area contributed by atoms with E-state index in [1.165, 1.54) is 0 Å². The highest BCUT2D eigenvalue weighted by Crippen LogP contribution is 2.42. The molecule has 0 heterocycles. The molecule has 2 N–H and O–H groups in total. The number of halogens is 1. The average Bonchev–Trinajstić information content (AvgIpc) is 2.89. The van der Waals surface area contributed by atoms with Crippen LogP contribution in [0.2, 0.25) is 0 Å². The first kappa shape index (κ1) is 11.0. The molecule has 82 valence electrons. The van der Waals surface area contributed by atoms with Crippen LogP contribution in [0.1, 0.15) is 29.5 Å². The zero-order chi connectivity index (χ0) is 11.2. The fraction of sp³-hybridized carbons (Fsp3) is 0.500. The Morgan fingerprint density at radius 3 is 2.53 bits per heavy atom. The van der Waals surface area contributed by atoms with Gasteiger partial charge in [-0.15, -0.1) is 0 Å². The number of hydrogen-bond acceptors (Lipinski definition) is 2. The summed E-state index contributed by atoms with van der Waals surface area (Å²) in [5.41, 5.74) is 2.21. The van der Waals surface area contributed by atoms with Crippen LogP contribution in [0, 0.1) is 13.8 Å². The second-order valence-corrected chi connectivity index (χ2v) is 5.38. The van der Waals surface area contributed by atoms with Crippen LogP contribution in [0.3, 0.4) is 0 Å². The predicted molar refractivity (Wildman–Crippen MR) is 63.2 cm³/mol. The maximum atomic E-state index is 10.0. The van der Waals surface area contributed by atoms with Crippen molar-refractivity contribution in [1.82, 2.24) is 0 Å². The number of phenolic OH excluding ortho intramolecular Hbond substituents is 1. The molecule has 0 bridgehead atoms. The molecule has 1 aromatic carbocycles. The highest BCUT2D eigenvalue weighted by Gasteiger charge is 2.41. The van der Waals surface area contributed by atoms with Gasteiger partial charge in [0.25, 0.3) is 0 Å².